The molecule has 4 heteroatoms. The van der Waals surface area contributed by atoms with Gasteiger partial charge in [-0.3, -0.25) is 4.79 Å². The van der Waals surface area contributed by atoms with E-state index in [0.29, 0.717) is 32.3 Å². The normalized spacial score (nSPS) is 11.2. The topological polar surface area (TPSA) is 78.3 Å². The fourth-order valence-corrected chi connectivity index (χ4v) is 2.44. The van der Waals surface area contributed by atoms with Crippen molar-refractivity contribution >= 4 is 5.97 Å². The van der Waals surface area contributed by atoms with Crippen LogP contribution in [0.5, 0.6) is 0 Å². The molecule has 0 saturated carbocycles. The van der Waals surface area contributed by atoms with Gasteiger partial charge in [0.25, 0.3) is 0 Å². The molecule has 0 spiro atoms. The lowest BCUT2D eigenvalue weighted by atomic mass is 9.96. The Morgan fingerprint density at radius 1 is 0.913 bits per heavy atom. The molecular weight excluding hydrogens is 288 g/mol. The molecule has 2 rings (SSSR count). The number of hydrogen-bond acceptors (Lipinski definition) is 4. The molecule has 0 radical (unpaired) electrons. The van der Waals surface area contributed by atoms with E-state index in [9.17, 15) is 4.79 Å². The van der Waals surface area contributed by atoms with E-state index >= 15 is 0 Å². The summed E-state index contributed by atoms with van der Waals surface area (Å²) >= 11 is 0. The van der Waals surface area contributed by atoms with Gasteiger partial charge in [0, 0.05) is 12.8 Å². The first-order valence-electron chi connectivity index (χ1n) is 7.86. The minimum absolute atomic E-state index is 0.218. The second-order valence-electron chi connectivity index (χ2n) is 5.90. The molecule has 23 heavy (non-hydrogen) atoms. The zero-order chi connectivity index (χ0) is 16.5. The van der Waals surface area contributed by atoms with Crippen LogP contribution in [0.25, 0.3) is 0 Å². The van der Waals surface area contributed by atoms with E-state index < -0.39 is 5.66 Å². The molecule has 2 aromatic rings. The minimum Gasteiger partial charge on any atom is -0.461 e. The van der Waals surface area contributed by atoms with Crippen molar-refractivity contribution in [1.82, 2.24) is 0 Å². The highest BCUT2D eigenvalue weighted by molar-refractivity contribution is 5.69. The van der Waals surface area contributed by atoms with Gasteiger partial charge in [-0.05, 0) is 24.0 Å². The summed E-state index contributed by atoms with van der Waals surface area (Å²) in [6, 6.07) is 19.5. The zero-order valence-electron chi connectivity index (χ0n) is 13.3. The number of nitrogens with two attached hydrogens (primary N) is 2. The van der Waals surface area contributed by atoms with Gasteiger partial charge < -0.3 is 16.2 Å². The van der Waals surface area contributed by atoms with E-state index in [0.717, 1.165) is 11.1 Å². The second-order valence-corrected chi connectivity index (χ2v) is 5.90. The Morgan fingerprint density at radius 3 is 2.09 bits per heavy atom. The van der Waals surface area contributed by atoms with Crippen LogP contribution in [0.1, 0.15) is 30.4 Å². The van der Waals surface area contributed by atoms with Crippen molar-refractivity contribution in [3.8, 4) is 0 Å². The first kappa shape index (κ1) is 17.2. The quantitative estimate of drug-likeness (QED) is 0.580. The molecule has 0 amide bonds. The summed E-state index contributed by atoms with van der Waals surface area (Å²) in [7, 11) is 0. The molecule has 0 fully saturated rings. The number of carbonyl (C=O) groups excluding carboxylic acids is 1. The van der Waals surface area contributed by atoms with Crippen molar-refractivity contribution in [2.75, 3.05) is 0 Å². The predicted molar refractivity (Wildman–Crippen MR) is 91.3 cm³/mol. The Balaban J connectivity index is 1.68. The Bertz CT molecular complexity index is 597. The number of rotatable bonds is 8. The molecule has 0 aliphatic carbocycles. The standard InChI is InChI=1S/C19H24N2O2/c20-19(21,14-16-8-3-1-4-9-16)13-7-12-18(22)23-15-17-10-5-2-6-11-17/h1-6,8-11H,7,12-15,20-21H2. The smallest absolute Gasteiger partial charge is 0.306 e. The van der Waals surface area contributed by atoms with Crippen LogP contribution in [0.4, 0.5) is 0 Å². The van der Waals surface area contributed by atoms with E-state index in [-0.39, 0.29) is 5.97 Å². The average Bonchev–Trinajstić information content (AvgIpc) is 2.54. The molecule has 0 aliphatic heterocycles. The monoisotopic (exact) mass is 312 g/mol. The van der Waals surface area contributed by atoms with E-state index in [1.54, 1.807) is 0 Å². The van der Waals surface area contributed by atoms with Crippen LogP contribution in [0.15, 0.2) is 60.7 Å². The SMILES string of the molecule is NC(N)(CCCC(=O)OCc1ccccc1)Cc1ccccc1. The summed E-state index contributed by atoms with van der Waals surface area (Å²) in [5.74, 6) is -0.218. The molecule has 2 aromatic carbocycles. The molecule has 0 atom stereocenters. The molecular formula is C19H24N2O2. The first-order valence-corrected chi connectivity index (χ1v) is 7.86. The third kappa shape index (κ3) is 6.63. The summed E-state index contributed by atoms with van der Waals surface area (Å²) in [5.41, 5.74) is 13.5. The maximum absolute atomic E-state index is 11.8. The summed E-state index contributed by atoms with van der Waals surface area (Å²) in [5, 5.41) is 0. The fourth-order valence-electron chi connectivity index (χ4n) is 2.44. The van der Waals surface area contributed by atoms with Gasteiger partial charge in [0.2, 0.25) is 0 Å². The number of ether oxygens (including phenoxy) is 1. The highest BCUT2D eigenvalue weighted by Gasteiger charge is 2.20. The van der Waals surface area contributed by atoms with Gasteiger partial charge in [0.1, 0.15) is 6.61 Å². The van der Waals surface area contributed by atoms with E-state index in [1.807, 2.05) is 60.7 Å². The van der Waals surface area contributed by atoms with Crippen LogP contribution in [0.2, 0.25) is 0 Å². The first-order chi connectivity index (χ1) is 11.1. The van der Waals surface area contributed by atoms with Crippen molar-refractivity contribution in [2.24, 2.45) is 11.5 Å². The fraction of sp³-hybridized carbons (Fsp3) is 0.316. The third-order valence-electron chi connectivity index (χ3n) is 3.64. The Kier molecular flexibility index (Phi) is 6.32. The van der Waals surface area contributed by atoms with Crippen molar-refractivity contribution in [3.63, 3.8) is 0 Å². The van der Waals surface area contributed by atoms with E-state index in [4.69, 9.17) is 16.2 Å². The molecule has 122 valence electrons. The maximum Gasteiger partial charge on any atom is 0.306 e. The Morgan fingerprint density at radius 2 is 1.48 bits per heavy atom. The lowest BCUT2D eigenvalue weighted by molar-refractivity contribution is -0.145. The van der Waals surface area contributed by atoms with Crippen LogP contribution < -0.4 is 11.5 Å². The van der Waals surface area contributed by atoms with E-state index in [2.05, 4.69) is 0 Å². The van der Waals surface area contributed by atoms with Crippen LogP contribution in [-0.4, -0.2) is 11.6 Å². The van der Waals surface area contributed by atoms with Gasteiger partial charge in [-0.25, -0.2) is 0 Å². The van der Waals surface area contributed by atoms with Crippen LogP contribution in [-0.2, 0) is 22.6 Å². The minimum atomic E-state index is -0.805. The van der Waals surface area contributed by atoms with E-state index in [1.165, 1.54) is 0 Å². The summed E-state index contributed by atoms with van der Waals surface area (Å²) in [6.45, 7) is 0.306. The zero-order valence-corrected chi connectivity index (χ0v) is 13.3. The van der Waals surface area contributed by atoms with Crippen molar-refractivity contribution in [3.05, 3.63) is 71.8 Å². The Hall–Kier alpha value is -2.17. The summed E-state index contributed by atoms with van der Waals surface area (Å²) in [6.07, 6.45) is 2.11. The molecule has 0 aliphatic rings. The maximum atomic E-state index is 11.8. The van der Waals surface area contributed by atoms with Crippen LogP contribution in [0.3, 0.4) is 0 Å². The molecule has 4 N–H and O–H groups in total. The van der Waals surface area contributed by atoms with Crippen molar-refractivity contribution in [2.45, 2.75) is 38.0 Å². The predicted octanol–water partition coefficient (Wildman–Crippen LogP) is 2.76. The van der Waals surface area contributed by atoms with Gasteiger partial charge in [-0.15, -0.1) is 0 Å². The number of hydrogen-bond donors (Lipinski definition) is 2. The Labute approximate surface area is 137 Å². The molecule has 0 saturated heterocycles. The summed E-state index contributed by atoms with van der Waals surface area (Å²) in [4.78, 5) is 11.8. The van der Waals surface area contributed by atoms with Gasteiger partial charge in [-0.1, -0.05) is 60.7 Å². The van der Waals surface area contributed by atoms with Crippen molar-refractivity contribution < 1.29 is 9.53 Å². The molecule has 0 aromatic heterocycles. The highest BCUT2D eigenvalue weighted by Crippen LogP contribution is 2.13. The summed E-state index contributed by atoms with van der Waals surface area (Å²) < 4.78 is 5.24. The molecule has 0 heterocycles. The second kappa shape index (κ2) is 8.46. The molecule has 0 unspecified atom stereocenters. The number of esters is 1. The van der Waals surface area contributed by atoms with Gasteiger partial charge in [0.05, 0.1) is 5.66 Å². The van der Waals surface area contributed by atoms with Gasteiger partial charge >= 0.3 is 5.97 Å². The number of carbonyl (C=O) groups is 1. The van der Waals surface area contributed by atoms with Crippen LogP contribution >= 0.6 is 0 Å². The average molecular weight is 312 g/mol. The lowest BCUT2D eigenvalue weighted by Crippen LogP contribution is -2.51. The third-order valence-corrected chi connectivity index (χ3v) is 3.64. The van der Waals surface area contributed by atoms with Gasteiger partial charge in [-0.2, -0.15) is 0 Å². The largest absolute Gasteiger partial charge is 0.461 e. The van der Waals surface area contributed by atoms with Crippen LogP contribution in [0, 0.1) is 0 Å². The number of benzene rings is 2. The van der Waals surface area contributed by atoms with Crippen molar-refractivity contribution in [1.29, 1.82) is 0 Å². The lowest BCUT2D eigenvalue weighted by Gasteiger charge is -2.24. The van der Waals surface area contributed by atoms with Gasteiger partial charge in [0.15, 0.2) is 0 Å². The molecule has 0 bridgehead atoms. The highest BCUT2D eigenvalue weighted by atomic mass is 16.5. The molecule has 4 nitrogen and oxygen atoms in total.